The molecule has 0 aromatic heterocycles. The van der Waals surface area contributed by atoms with Crippen LogP contribution < -0.4 is 5.73 Å². The van der Waals surface area contributed by atoms with Gasteiger partial charge >= 0.3 is 0 Å². The first kappa shape index (κ1) is 15.8. The van der Waals surface area contributed by atoms with E-state index in [1.807, 2.05) is 37.8 Å². The number of aryl methyl sites for hydroxylation is 1. The molecule has 106 valence electrons. The maximum atomic E-state index is 12.5. The molecular formula is C14H21ClN2O2. The fourth-order valence-corrected chi connectivity index (χ4v) is 2.38. The largest absolute Gasteiger partial charge is 0.399 e. The van der Waals surface area contributed by atoms with E-state index in [9.17, 15) is 4.79 Å². The number of carbonyl (C=O) groups is 1. The molecule has 0 aliphatic carbocycles. The Hall–Kier alpha value is -1.26. The molecule has 0 bridgehead atoms. The van der Waals surface area contributed by atoms with Gasteiger partial charge in [-0.1, -0.05) is 6.07 Å². The summed E-state index contributed by atoms with van der Waals surface area (Å²) in [6, 6.07) is 5.45. The third kappa shape index (κ3) is 3.61. The van der Waals surface area contributed by atoms with E-state index in [2.05, 4.69) is 0 Å². The standard InChI is InChI=1S/C14H20N2O2.ClH/c1-9-4-5-12(15)6-13(9)14(17)16-7-10(2)18-11(3)8-16;/h4-6,10-11H,7-8,15H2,1-3H3;1H/t10-,11+;. The number of benzene rings is 1. The first-order chi connectivity index (χ1) is 8.47. The average Bonchev–Trinajstić information content (AvgIpc) is 2.30. The second-order valence-electron chi connectivity index (χ2n) is 5.04. The van der Waals surface area contributed by atoms with Crippen molar-refractivity contribution in [2.45, 2.75) is 33.0 Å². The van der Waals surface area contributed by atoms with Crippen LogP contribution in [0, 0.1) is 6.92 Å². The highest BCUT2D eigenvalue weighted by atomic mass is 35.5. The predicted octanol–water partition coefficient (Wildman–Crippen LogP) is 2.25. The lowest BCUT2D eigenvalue weighted by Crippen LogP contribution is -2.48. The minimum Gasteiger partial charge on any atom is -0.399 e. The number of amides is 1. The Kier molecular flexibility index (Phi) is 5.20. The molecule has 1 heterocycles. The number of halogens is 1. The first-order valence-corrected chi connectivity index (χ1v) is 6.28. The van der Waals surface area contributed by atoms with Crippen molar-refractivity contribution in [2.24, 2.45) is 0 Å². The second kappa shape index (κ2) is 6.26. The molecule has 0 spiro atoms. The van der Waals surface area contributed by atoms with Crippen LogP contribution in [0.4, 0.5) is 5.69 Å². The maximum Gasteiger partial charge on any atom is 0.254 e. The van der Waals surface area contributed by atoms with Crippen molar-refractivity contribution in [1.29, 1.82) is 0 Å². The van der Waals surface area contributed by atoms with Crippen LogP contribution in [0.2, 0.25) is 0 Å². The molecule has 2 atom stereocenters. The molecule has 1 aromatic rings. The summed E-state index contributed by atoms with van der Waals surface area (Å²) in [6.45, 7) is 7.18. The average molecular weight is 285 g/mol. The summed E-state index contributed by atoms with van der Waals surface area (Å²) in [4.78, 5) is 14.3. The van der Waals surface area contributed by atoms with Gasteiger partial charge in [-0.25, -0.2) is 0 Å². The number of anilines is 1. The number of nitrogens with zero attached hydrogens (tertiary/aromatic N) is 1. The van der Waals surface area contributed by atoms with E-state index < -0.39 is 0 Å². The van der Waals surface area contributed by atoms with E-state index in [-0.39, 0.29) is 30.5 Å². The third-order valence-corrected chi connectivity index (χ3v) is 3.20. The van der Waals surface area contributed by atoms with Gasteiger partial charge in [-0.05, 0) is 38.5 Å². The number of hydrogen-bond donors (Lipinski definition) is 1. The quantitative estimate of drug-likeness (QED) is 0.805. The Morgan fingerprint density at radius 2 is 1.89 bits per heavy atom. The summed E-state index contributed by atoms with van der Waals surface area (Å²) in [5, 5.41) is 0. The molecule has 1 saturated heterocycles. The number of rotatable bonds is 1. The first-order valence-electron chi connectivity index (χ1n) is 6.28. The van der Waals surface area contributed by atoms with Gasteiger partial charge in [-0.3, -0.25) is 4.79 Å². The highest BCUT2D eigenvalue weighted by Gasteiger charge is 2.27. The van der Waals surface area contributed by atoms with Gasteiger partial charge in [0.15, 0.2) is 0 Å². The zero-order valence-corrected chi connectivity index (χ0v) is 12.4. The highest BCUT2D eigenvalue weighted by molar-refractivity contribution is 5.96. The van der Waals surface area contributed by atoms with E-state index in [1.165, 1.54) is 0 Å². The van der Waals surface area contributed by atoms with Gasteiger partial charge in [-0.15, -0.1) is 12.4 Å². The van der Waals surface area contributed by atoms with Crippen molar-refractivity contribution in [3.63, 3.8) is 0 Å². The van der Waals surface area contributed by atoms with Crippen LogP contribution in [-0.4, -0.2) is 36.1 Å². The number of hydrogen-bond acceptors (Lipinski definition) is 3. The predicted molar refractivity (Wildman–Crippen MR) is 78.8 cm³/mol. The lowest BCUT2D eigenvalue weighted by Gasteiger charge is -2.35. The summed E-state index contributed by atoms with van der Waals surface area (Å²) in [5.41, 5.74) is 8.03. The van der Waals surface area contributed by atoms with Gasteiger partial charge in [0, 0.05) is 24.3 Å². The van der Waals surface area contributed by atoms with Gasteiger partial charge in [-0.2, -0.15) is 0 Å². The number of morpholine rings is 1. The van der Waals surface area contributed by atoms with E-state index >= 15 is 0 Å². The number of carbonyl (C=O) groups excluding carboxylic acids is 1. The van der Waals surface area contributed by atoms with Gasteiger partial charge in [0.25, 0.3) is 5.91 Å². The van der Waals surface area contributed by atoms with Crippen LogP contribution >= 0.6 is 12.4 Å². The van der Waals surface area contributed by atoms with Crippen molar-refractivity contribution in [2.75, 3.05) is 18.8 Å². The van der Waals surface area contributed by atoms with Crippen molar-refractivity contribution < 1.29 is 9.53 Å². The molecule has 1 amide bonds. The van der Waals surface area contributed by atoms with E-state index in [0.717, 1.165) is 5.56 Å². The van der Waals surface area contributed by atoms with Crippen molar-refractivity contribution in [1.82, 2.24) is 4.90 Å². The van der Waals surface area contributed by atoms with Gasteiger partial charge < -0.3 is 15.4 Å². The third-order valence-electron chi connectivity index (χ3n) is 3.20. The topological polar surface area (TPSA) is 55.6 Å². The van der Waals surface area contributed by atoms with Gasteiger partial charge in [0.1, 0.15) is 0 Å². The Morgan fingerprint density at radius 1 is 1.32 bits per heavy atom. The number of ether oxygens (including phenoxy) is 1. The summed E-state index contributed by atoms with van der Waals surface area (Å²) < 4.78 is 5.64. The molecule has 2 N–H and O–H groups in total. The number of nitrogen functional groups attached to an aromatic ring is 1. The van der Waals surface area contributed by atoms with Gasteiger partial charge in [0.2, 0.25) is 0 Å². The van der Waals surface area contributed by atoms with Crippen LogP contribution in [0.15, 0.2) is 18.2 Å². The SMILES string of the molecule is Cc1ccc(N)cc1C(=O)N1C[C@@H](C)O[C@@H](C)C1.Cl. The fourth-order valence-electron chi connectivity index (χ4n) is 2.38. The molecule has 1 aliphatic rings. The van der Waals surface area contributed by atoms with Crippen LogP contribution in [0.25, 0.3) is 0 Å². The lowest BCUT2D eigenvalue weighted by molar-refractivity contribution is -0.0586. The Morgan fingerprint density at radius 3 is 2.47 bits per heavy atom. The van der Waals surface area contributed by atoms with E-state index in [1.54, 1.807) is 6.07 Å². The van der Waals surface area contributed by atoms with Crippen molar-refractivity contribution in [3.8, 4) is 0 Å². The molecular weight excluding hydrogens is 264 g/mol. The molecule has 1 aliphatic heterocycles. The monoisotopic (exact) mass is 284 g/mol. The summed E-state index contributed by atoms with van der Waals surface area (Å²) >= 11 is 0. The van der Waals surface area contributed by atoms with Crippen LogP contribution in [0.3, 0.4) is 0 Å². The zero-order valence-electron chi connectivity index (χ0n) is 11.6. The molecule has 1 aromatic carbocycles. The highest BCUT2D eigenvalue weighted by Crippen LogP contribution is 2.18. The summed E-state index contributed by atoms with van der Waals surface area (Å²) in [7, 11) is 0. The summed E-state index contributed by atoms with van der Waals surface area (Å²) in [6.07, 6.45) is 0.165. The molecule has 0 saturated carbocycles. The van der Waals surface area contributed by atoms with Crippen molar-refractivity contribution >= 4 is 24.0 Å². The molecule has 19 heavy (non-hydrogen) atoms. The smallest absolute Gasteiger partial charge is 0.254 e. The van der Waals surface area contributed by atoms with Crippen LogP contribution in [0.5, 0.6) is 0 Å². The maximum absolute atomic E-state index is 12.5. The van der Waals surface area contributed by atoms with E-state index in [0.29, 0.717) is 24.3 Å². The van der Waals surface area contributed by atoms with Crippen molar-refractivity contribution in [3.05, 3.63) is 29.3 Å². The van der Waals surface area contributed by atoms with Crippen LogP contribution in [-0.2, 0) is 4.74 Å². The molecule has 4 nitrogen and oxygen atoms in total. The lowest BCUT2D eigenvalue weighted by atomic mass is 10.1. The Balaban J connectivity index is 0.00000180. The minimum atomic E-state index is 0. The molecule has 5 heteroatoms. The fraction of sp³-hybridized carbons (Fsp3) is 0.500. The number of nitrogens with two attached hydrogens (primary N) is 1. The molecule has 1 fully saturated rings. The van der Waals surface area contributed by atoms with E-state index in [4.69, 9.17) is 10.5 Å². The second-order valence-corrected chi connectivity index (χ2v) is 5.04. The molecule has 0 radical (unpaired) electrons. The summed E-state index contributed by atoms with van der Waals surface area (Å²) in [5.74, 6) is 0.0433. The zero-order chi connectivity index (χ0) is 13.3. The Labute approximate surface area is 120 Å². The Bertz CT molecular complexity index is 455. The molecule has 0 unspecified atom stereocenters. The molecule has 2 rings (SSSR count). The minimum absolute atomic E-state index is 0. The van der Waals surface area contributed by atoms with Crippen LogP contribution in [0.1, 0.15) is 29.8 Å². The van der Waals surface area contributed by atoms with Gasteiger partial charge in [0.05, 0.1) is 12.2 Å². The normalized spacial score (nSPS) is 22.8.